The van der Waals surface area contributed by atoms with Crippen molar-refractivity contribution in [2.24, 2.45) is 0 Å². The number of furan rings is 1. The number of hydrogen-bond acceptors (Lipinski definition) is 3. The summed E-state index contributed by atoms with van der Waals surface area (Å²) in [6.45, 7) is 0. The van der Waals surface area contributed by atoms with Gasteiger partial charge in [0.25, 0.3) is 0 Å². The summed E-state index contributed by atoms with van der Waals surface area (Å²) in [7, 11) is 0. The van der Waals surface area contributed by atoms with Gasteiger partial charge in [0.2, 0.25) is 0 Å². The number of fused-ring (bicyclic) bond motifs is 5. The summed E-state index contributed by atoms with van der Waals surface area (Å²) in [6, 6.07) is 35.1. The number of rotatable bonds is 2. The number of hydrogen-bond donors (Lipinski definition) is 0. The molecule has 32 heavy (non-hydrogen) atoms. The molecule has 2 aromatic heterocycles. The van der Waals surface area contributed by atoms with Crippen molar-refractivity contribution in [3.63, 3.8) is 0 Å². The SMILES string of the molecule is c1ccc(-n2nc3ccc(-c4c5ccccc5cc5oc6ccccc6c45)cc3n2)cc1. The summed E-state index contributed by atoms with van der Waals surface area (Å²) in [5.74, 6) is 0. The van der Waals surface area contributed by atoms with E-state index in [1.165, 1.54) is 10.9 Å². The quantitative estimate of drug-likeness (QED) is 0.304. The molecule has 7 rings (SSSR count). The van der Waals surface area contributed by atoms with Crippen LogP contribution < -0.4 is 0 Å². The third-order valence-electron chi connectivity index (χ3n) is 6.05. The predicted octanol–water partition coefficient (Wildman–Crippen LogP) is 7.14. The van der Waals surface area contributed by atoms with Gasteiger partial charge in [-0.05, 0) is 52.7 Å². The standard InChI is InChI=1S/C28H17N3O/c1-2-9-20(10-3-1)31-29-23-15-14-19(16-24(23)30-31)27-21-11-5-4-8-18(21)17-26-28(27)22-12-6-7-13-25(22)32-26/h1-17H. The van der Waals surface area contributed by atoms with Gasteiger partial charge in [-0.25, -0.2) is 0 Å². The fraction of sp³-hybridized carbons (Fsp3) is 0. The highest BCUT2D eigenvalue weighted by molar-refractivity contribution is 6.20. The highest BCUT2D eigenvalue weighted by Crippen LogP contribution is 2.42. The lowest BCUT2D eigenvalue weighted by atomic mass is 9.93. The van der Waals surface area contributed by atoms with E-state index in [0.717, 1.165) is 49.6 Å². The molecule has 7 aromatic rings. The first-order valence-electron chi connectivity index (χ1n) is 10.6. The van der Waals surface area contributed by atoms with E-state index in [-0.39, 0.29) is 0 Å². The molecule has 0 N–H and O–H groups in total. The average molecular weight is 411 g/mol. The van der Waals surface area contributed by atoms with Crippen molar-refractivity contribution in [3.05, 3.63) is 103 Å². The minimum absolute atomic E-state index is 0.861. The largest absolute Gasteiger partial charge is 0.456 e. The van der Waals surface area contributed by atoms with Gasteiger partial charge in [0.05, 0.1) is 5.69 Å². The minimum Gasteiger partial charge on any atom is -0.456 e. The van der Waals surface area contributed by atoms with Crippen LogP contribution in [-0.2, 0) is 0 Å². The molecule has 4 heteroatoms. The van der Waals surface area contributed by atoms with Crippen LogP contribution in [0.15, 0.2) is 108 Å². The zero-order chi connectivity index (χ0) is 21.1. The molecule has 4 nitrogen and oxygen atoms in total. The molecule has 0 unspecified atom stereocenters. The van der Waals surface area contributed by atoms with E-state index >= 15 is 0 Å². The first-order chi connectivity index (χ1) is 15.8. The summed E-state index contributed by atoms with van der Waals surface area (Å²) in [5, 5.41) is 14.0. The summed E-state index contributed by atoms with van der Waals surface area (Å²) >= 11 is 0. The molecular formula is C28H17N3O. The van der Waals surface area contributed by atoms with Crippen molar-refractivity contribution in [2.45, 2.75) is 0 Å². The third kappa shape index (κ3) is 2.50. The van der Waals surface area contributed by atoms with Gasteiger partial charge in [-0.1, -0.05) is 66.7 Å². The smallest absolute Gasteiger partial charge is 0.136 e. The van der Waals surface area contributed by atoms with Gasteiger partial charge in [-0.2, -0.15) is 4.80 Å². The maximum absolute atomic E-state index is 6.24. The normalized spacial score (nSPS) is 11.8. The number of nitrogens with zero attached hydrogens (tertiary/aromatic N) is 3. The van der Waals surface area contributed by atoms with E-state index in [1.807, 2.05) is 48.5 Å². The summed E-state index contributed by atoms with van der Waals surface area (Å²) in [6.07, 6.45) is 0. The fourth-order valence-corrected chi connectivity index (χ4v) is 4.60. The van der Waals surface area contributed by atoms with Crippen molar-refractivity contribution >= 4 is 43.7 Å². The van der Waals surface area contributed by atoms with Crippen LogP contribution in [0.5, 0.6) is 0 Å². The van der Waals surface area contributed by atoms with E-state index in [0.29, 0.717) is 0 Å². The molecule has 0 atom stereocenters. The number of benzene rings is 5. The van der Waals surface area contributed by atoms with Crippen LogP contribution in [0.2, 0.25) is 0 Å². The number of para-hydroxylation sites is 2. The van der Waals surface area contributed by atoms with Gasteiger partial charge in [-0.3, -0.25) is 0 Å². The second-order valence-electron chi connectivity index (χ2n) is 7.97. The molecule has 5 aromatic carbocycles. The lowest BCUT2D eigenvalue weighted by Gasteiger charge is -2.09. The van der Waals surface area contributed by atoms with Crippen molar-refractivity contribution < 1.29 is 4.42 Å². The third-order valence-corrected chi connectivity index (χ3v) is 6.05. The topological polar surface area (TPSA) is 43.9 Å². The van der Waals surface area contributed by atoms with Gasteiger partial charge in [-0.15, -0.1) is 10.2 Å². The van der Waals surface area contributed by atoms with Crippen molar-refractivity contribution in [1.82, 2.24) is 15.0 Å². The highest BCUT2D eigenvalue weighted by atomic mass is 16.3. The Balaban J connectivity index is 1.55. The number of aromatic nitrogens is 3. The van der Waals surface area contributed by atoms with E-state index in [4.69, 9.17) is 9.52 Å². The fourth-order valence-electron chi connectivity index (χ4n) is 4.60. The Kier molecular flexibility index (Phi) is 3.52. The summed E-state index contributed by atoms with van der Waals surface area (Å²) < 4.78 is 6.24. The van der Waals surface area contributed by atoms with E-state index in [9.17, 15) is 0 Å². The van der Waals surface area contributed by atoms with Crippen molar-refractivity contribution in [2.75, 3.05) is 0 Å². The average Bonchev–Trinajstić information content (AvgIpc) is 3.44. The molecule has 0 saturated heterocycles. The highest BCUT2D eigenvalue weighted by Gasteiger charge is 2.17. The molecule has 0 radical (unpaired) electrons. The molecule has 0 spiro atoms. The first kappa shape index (κ1) is 17.3. The van der Waals surface area contributed by atoms with Crippen LogP contribution in [0, 0.1) is 0 Å². The second kappa shape index (κ2) is 6.53. The van der Waals surface area contributed by atoms with Crippen LogP contribution in [0.25, 0.3) is 60.6 Å². The van der Waals surface area contributed by atoms with Crippen LogP contribution in [0.3, 0.4) is 0 Å². The molecule has 150 valence electrons. The zero-order valence-electron chi connectivity index (χ0n) is 17.1. The lowest BCUT2D eigenvalue weighted by Crippen LogP contribution is -1.97. The molecule has 0 aliphatic rings. The molecule has 0 bridgehead atoms. The lowest BCUT2D eigenvalue weighted by molar-refractivity contribution is 0.669. The van der Waals surface area contributed by atoms with Crippen molar-refractivity contribution in [1.29, 1.82) is 0 Å². The molecule has 0 fully saturated rings. The molecular weight excluding hydrogens is 394 g/mol. The predicted molar refractivity (Wildman–Crippen MR) is 129 cm³/mol. The Bertz CT molecular complexity index is 1780. The van der Waals surface area contributed by atoms with Crippen molar-refractivity contribution in [3.8, 4) is 16.8 Å². The monoisotopic (exact) mass is 411 g/mol. The summed E-state index contributed by atoms with van der Waals surface area (Å²) in [5.41, 5.74) is 6.73. The Morgan fingerprint density at radius 3 is 2.25 bits per heavy atom. The van der Waals surface area contributed by atoms with Gasteiger partial charge in [0.1, 0.15) is 22.2 Å². The summed E-state index contributed by atoms with van der Waals surface area (Å²) in [4.78, 5) is 1.69. The minimum atomic E-state index is 0.861. The Hall–Kier alpha value is -4.44. The molecule has 0 aliphatic carbocycles. The second-order valence-corrected chi connectivity index (χ2v) is 7.97. The van der Waals surface area contributed by atoms with E-state index in [1.54, 1.807) is 4.80 Å². The van der Waals surface area contributed by atoms with E-state index < -0.39 is 0 Å². The van der Waals surface area contributed by atoms with Crippen LogP contribution in [0.4, 0.5) is 0 Å². The van der Waals surface area contributed by atoms with Gasteiger partial charge in [0, 0.05) is 16.3 Å². The maximum Gasteiger partial charge on any atom is 0.136 e. The van der Waals surface area contributed by atoms with Gasteiger partial charge in [0.15, 0.2) is 0 Å². The Labute approximate surface area is 183 Å². The zero-order valence-corrected chi connectivity index (χ0v) is 17.1. The van der Waals surface area contributed by atoms with Gasteiger partial charge < -0.3 is 4.42 Å². The first-order valence-corrected chi connectivity index (χ1v) is 10.6. The maximum atomic E-state index is 6.24. The van der Waals surface area contributed by atoms with Crippen LogP contribution in [-0.4, -0.2) is 15.0 Å². The molecule has 0 saturated carbocycles. The van der Waals surface area contributed by atoms with Gasteiger partial charge >= 0.3 is 0 Å². The molecule has 0 aliphatic heterocycles. The molecule has 0 amide bonds. The van der Waals surface area contributed by atoms with Crippen LogP contribution >= 0.6 is 0 Å². The van der Waals surface area contributed by atoms with E-state index in [2.05, 4.69) is 59.7 Å². The Morgan fingerprint density at radius 1 is 0.594 bits per heavy atom. The molecule has 2 heterocycles. The van der Waals surface area contributed by atoms with Crippen LogP contribution in [0.1, 0.15) is 0 Å². The Morgan fingerprint density at radius 2 is 1.34 bits per heavy atom.